The molecule has 0 unspecified atom stereocenters. The van der Waals surface area contributed by atoms with Gasteiger partial charge in [-0.1, -0.05) is 41.9 Å². The van der Waals surface area contributed by atoms with Crippen molar-refractivity contribution in [2.24, 2.45) is 0 Å². The highest BCUT2D eigenvalue weighted by atomic mass is 35.5. The lowest BCUT2D eigenvalue weighted by Crippen LogP contribution is -2.26. The third kappa shape index (κ3) is 3.77. The van der Waals surface area contributed by atoms with E-state index in [0.29, 0.717) is 13.0 Å². The molecule has 0 bridgehead atoms. The summed E-state index contributed by atoms with van der Waals surface area (Å²) in [5.41, 5.74) is 2.29. The van der Waals surface area contributed by atoms with E-state index in [1.165, 1.54) is 17.4 Å². The Balaban J connectivity index is 1.62. The van der Waals surface area contributed by atoms with Crippen LogP contribution >= 0.6 is 22.9 Å². The lowest BCUT2D eigenvalue weighted by Gasteiger charge is -2.04. The number of thiazole rings is 1. The Bertz CT molecular complexity index is 851. The predicted molar refractivity (Wildman–Crippen MR) is 95.4 cm³/mol. The number of aryl methyl sites for hydroxylation is 1. The molecule has 0 saturated carbocycles. The molecule has 0 radical (unpaired) electrons. The minimum absolute atomic E-state index is 0.187. The van der Waals surface area contributed by atoms with Gasteiger partial charge in [-0.25, -0.2) is 15.0 Å². The molecule has 3 rings (SSSR count). The fraction of sp³-hybridized carbons (Fsp3) is 0.176. The van der Waals surface area contributed by atoms with Gasteiger partial charge in [0.15, 0.2) is 0 Å². The number of benzene rings is 1. The molecular formula is C17H15ClN4OS. The second-order valence-corrected chi connectivity index (χ2v) is 6.80. The van der Waals surface area contributed by atoms with Crippen LogP contribution in [0.2, 0.25) is 5.02 Å². The summed E-state index contributed by atoms with van der Waals surface area (Å²) in [7, 11) is 0. The molecule has 0 aliphatic rings. The van der Waals surface area contributed by atoms with Gasteiger partial charge in [-0.15, -0.1) is 11.3 Å². The largest absolute Gasteiger partial charge is 0.350 e. The molecule has 1 aromatic carbocycles. The summed E-state index contributed by atoms with van der Waals surface area (Å²) in [4.78, 5) is 25.6. The molecule has 0 atom stereocenters. The summed E-state index contributed by atoms with van der Waals surface area (Å²) >= 11 is 7.56. The highest BCUT2D eigenvalue weighted by molar-refractivity contribution is 7.12. The van der Waals surface area contributed by atoms with E-state index in [9.17, 15) is 4.79 Å². The van der Waals surface area contributed by atoms with E-state index in [1.54, 1.807) is 11.3 Å². The molecule has 0 aliphatic heterocycles. The van der Waals surface area contributed by atoms with Crippen molar-refractivity contribution in [2.45, 2.75) is 13.3 Å². The van der Waals surface area contributed by atoms with Crippen molar-refractivity contribution in [1.82, 2.24) is 20.3 Å². The van der Waals surface area contributed by atoms with Gasteiger partial charge in [-0.3, -0.25) is 4.79 Å². The van der Waals surface area contributed by atoms with Crippen LogP contribution in [0.5, 0.6) is 0 Å². The fourth-order valence-corrected chi connectivity index (χ4v) is 3.41. The highest BCUT2D eigenvalue weighted by Crippen LogP contribution is 2.27. The van der Waals surface area contributed by atoms with E-state index < -0.39 is 0 Å². The first kappa shape index (κ1) is 16.5. The minimum Gasteiger partial charge on any atom is -0.350 e. The van der Waals surface area contributed by atoms with Gasteiger partial charge in [0.1, 0.15) is 12.0 Å². The molecule has 3 aromatic rings. The van der Waals surface area contributed by atoms with Gasteiger partial charge in [0.2, 0.25) is 0 Å². The second-order valence-electron chi connectivity index (χ2n) is 5.10. The van der Waals surface area contributed by atoms with Gasteiger partial charge in [0.25, 0.3) is 5.91 Å². The Morgan fingerprint density at radius 2 is 2.08 bits per heavy atom. The monoisotopic (exact) mass is 358 g/mol. The highest BCUT2D eigenvalue weighted by Gasteiger charge is 2.13. The third-order valence-corrected chi connectivity index (χ3v) is 4.70. The minimum atomic E-state index is -0.307. The molecule has 24 heavy (non-hydrogen) atoms. The lowest BCUT2D eigenvalue weighted by molar-refractivity contribution is 0.0949. The van der Waals surface area contributed by atoms with Crippen molar-refractivity contribution in [1.29, 1.82) is 0 Å². The quantitative estimate of drug-likeness (QED) is 0.757. The maximum absolute atomic E-state index is 12.0. The number of amides is 1. The van der Waals surface area contributed by atoms with Crippen molar-refractivity contribution >= 4 is 28.8 Å². The van der Waals surface area contributed by atoms with Crippen molar-refractivity contribution in [3.8, 4) is 11.3 Å². The van der Waals surface area contributed by atoms with Crippen LogP contribution < -0.4 is 5.32 Å². The molecule has 2 aromatic heterocycles. The summed E-state index contributed by atoms with van der Waals surface area (Å²) < 4.78 is 0. The maximum atomic E-state index is 12.0. The predicted octanol–water partition coefficient (Wildman–Crippen LogP) is 3.53. The average Bonchev–Trinajstić information content (AvgIpc) is 2.96. The number of hydrogen-bond acceptors (Lipinski definition) is 5. The van der Waals surface area contributed by atoms with Crippen LogP contribution in [-0.4, -0.2) is 27.4 Å². The number of halogens is 1. The number of carbonyl (C=O) groups is 1. The number of carbonyl (C=O) groups excluding carboxylic acids is 1. The van der Waals surface area contributed by atoms with Crippen LogP contribution in [-0.2, 0) is 6.42 Å². The summed E-state index contributed by atoms with van der Waals surface area (Å²) in [6.45, 7) is 2.53. The number of hydrogen-bond donors (Lipinski definition) is 1. The van der Waals surface area contributed by atoms with Crippen LogP contribution in [0.25, 0.3) is 11.3 Å². The Kier molecular flexibility index (Phi) is 5.17. The van der Waals surface area contributed by atoms with Crippen molar-refractivity contribution in [3.05, 3.63) is 63.5 Å². The van der Waals surface area contributed by atoms with E-state index in [-0.39, 0.29) is 16.6 Å². The number of nitrogens with zero attached hydrogens (tertiary/aromatic N) is 3. The summed E-state index contributed by atoms with van der Waals surface area (Å²) in [6.07, 6.45) is 3.36. The number of rotatable bonds is 5. The molecule has 2 heterocycles. The van der Waals surface area contributed by atoms with E-state index in [1.807, 2.05) is 30.3 Å². The first-order valence-electron chi connectivity index (χ1n) is 7.40. The molecule has 0 fully saturated rings. The molecule has 0 aliphatic carbocycles. The maximum Gasteiger partial charge on any atom is 0.271 e. The van der Waals surface area contributed by atoms with Gasteiger partial charge in [0, 0.05) is 29.6 Å². The summed E-state index contributed by atoms with van der Waals surface area (Å²) in [5.74, 6) is -0.307. The number of nitrogens with one attached hydrogen (secondary N) is 1. The second kappa shape index (κ2) is 7.51. The van der Waals surface area contributed by atoms with Crippen LogP contribution in [0.4, 0.5) is 0 Å². The standard InChI is InChI=1S/C17H15ClN4OS/c1-11-15(12-5-3-2-4-6-12)22-14(24-11)7-8-20-17(23)16-13(18)9-19-10-21-16/h2-6,9-10H,7-8H2,1H3,(H,20,23). The van der Waals surface area contributed by atoms with Crippen molar-refractivity contribution in [2.75, 3.05) is 6.54 Å². The van der Waals surface area contributed by atoms with E-state index >= 15 is 0 Å². The zero-order valence-corrected chi connectivity index (χ0v) is 14.6. The SMILES string of the molecule is Cc1sc(CCNC(=O)c2ncncc2Cl)nc1-c1ccccc1. The summed E-state index contributed by atoms with van der Waals surface area (Å²) in [5, 5.41) is 4.04. The van der Waals surface area contributed by atoms with Gasteiger partial charge in [-0.05, 0) is 6.92 Å². The molecule has 7 heteroatoms. The first-order valence-corrected chi connectivity index (χ1v) is 8.60. The molecule has 0 spiro atoms. The first-order chi connectivity index (χ1) is 11.6. The van der Waals surface area contributed by atoms with Crippen LogP contribution in [0.1, 0.15) is 20.4 Å². The van der Waals surface area contributed by atoms with Crippen LogP contribution in [0, 0.1) is 6.92 Å². The Morgan fingerprint density at radius 1 is 1.29 bits per heavy atom. The van der Waals surface area contributed by atoms with Crippen LogP contribution in [0.3, 0.4) is 0 Å². The van der Waals surface area contributed by atoms with Gasteiger partial charge >= 0.3 is 0 Å². The van der Waals surface area contributed by atoms with Crippen molar-refractivity contribution < 1.29 is 4.79 Å². The van der Waals surface area contributed by atoms with Gasteiger partial charge in [0.05, 0.1) is 15.7 Å². The van der Waals surface area contributed by atoms with E-state index in [4.69, 9.17) is 11.6 Å². The molecular weight excluding hydrogens is 344 g/mol. The summed E-state index contributed by atoms with van der Waals surface area (Å²) in [6, 6.07) is 10.1. The molecule has 1 amide bonds. The van der Waals surface area contributed by atoms with Crippen molar-refractivity contribution in [3.63, 3.8) is 0 Å². The molecule has 5 nitrogen and oxygen atoms in total. The molecule has 0 saturated heterocycles. The molecule has 1 N–H and O–H groups in total. The zero-order chi connectivity index (χ0) is 16.9. The van der Waals surface area contributed by atoms with Gasteiger partial charge in [-0.2, -0.15) is 0 Å². The topological polar surface area (TPSA) is 67.8 Å². The third-order valence-electron chi connectivity index (χ3n) is 3.40. The van der Waals surface area contributed by atoms with E-state index in [0.717, 1.165) is 16.3 Å². The zero-order valence-electron chi connectivity index (χ0n) is 13.0. The Labute approximate surface area is 148 Å². The Morgan fingerprint density at radius 3 is 2.83 bits per heavy atom. The van der Waals surface area contributed by atoms with Crippen LogP contribution in [0.15, 0.2) is 42.9 Å². The van der Waals surface area contributed by atoms with E-state index in [2.05, 4.69) is 27.2 Å². The normalized spacial score (nSPS) is 10.6. The lowest BCUT2D eigenvalue weighted by atomic mass is 10.1. The number of aromatic nitrogens is 3. The average molecular weight is 359 g/mol. The van der Waals surface area contributed by atoms with Gasteiger partial charge < -0.3 is 5.32 Å². The molecule has 122 valence electrons. The smallest absolute Gasteiger partial charge is 0.271 e. The Hall–Kier alpha value is -2.31. The fourth-order valence-electron chi connectivity index (χ4n) is 2.27.